The molecule has 0 heterocycles. The number of carbonyl (C=O) groups excluding carboxylic acids is 2. The number of hydrogen-bond donors (Lipinski definition) is 1. The van der Waals surface area contributed by atoms with Crippen molar-refractivity contribution in [1.82, 2.24) is 5.32 Å². The molecule has 144 valence electrons. The van der Waals surface area contributed by atoms with Crippen LogP contribution in [-0.2, 0) is 9.59 Å². The second kappa shape index (κ2) is 10.1. The molecule has 0 aliphatic heterocycles. The smallest absolute Gasteiger partial charge is 0.240 e. The first kappa shape index (κ1) is 20.1. The minimum absolute atomic E-state index is 0.0783. The molecular weight excluding hydrogens is 348 g/mol. The Hall–Kier alpha value is -3.22. The molecule has 0 saturated heterocycles. The predicted octanol–water partition coefficient (Wildman–Crippen LogP) is 2.25. The van der Waals surface area contributed by atoms with Gasteiger partial charge in [-0.2, -0.15) is 0 Å². The van der Waals surface area contributed by atoms with Gasteiger partial charge >= 0.3 is 0 Å². The van der Waals surface area contributed by atoms with E-state index in [2.05, 4.69) is 5.32 Å². The van der Waals surface area contributed by atoms with Crippen LogP contribution in [-0.4, -0.2) is 45.7 Å². The van der Waals surface area contributed by atoms with Gasteiger partial charge in [0.15, 0.2) is 0 Å². The summed E-state index contributed by atoms with van der Waals surface area (Å²) in [5, 5.41) is 2.75. The van der Waals surface area contributed by atoms with Gasteiger partial charge in [0.25, 0.3) is 0 Å². The van der Waals surface area contributed by atoms with E-state index < -0.39 is 0 Å². The molecule has 27 heavy (non-hydrogen) atoms. The zero-order valence-electron chi connectivity index (χ0n) is 15.7. The van der Waals surface area contributed by atoms with Crippen LogP contribution >= 0.6 is 0 Å². The van der Waals surface area contributed by atoms with E-state index in [1.807, 2.05) is 0 Å². The summed E-state index contributed by atoms with van der Waals surface area (Å²) in [7, 11) is 3.15. The Labute approximate surface area is 158 Å². The lowest BCUT2D eigenvalue weighted by atomic mass is 10.2. The Morgan fingerprint density at radius 2 is 1.63 bits per heavy atom. The number of hydrogen-bond acceptors (Lipinski definition) is 5. The molecule has 0 unspecified atom stereocenters. The number of amides is 2. The Kier molecular flexibility index (Phi) is 7.49. The second-order valence-corrected chi connectivity index (χ2v) is 5.68. The summed E-state index contributed by atoms with van der Waals surface area (Å²) >= 11 is 0. The van der Waals surface area contributed by atoms with Crippen molar-refractivity contribution in [3.05, 3.63) is 48.5 Å². The van der Waals surface area contributed by atoms with Crippen molar-refractivity contribution in [2.45, 2.75) is 6.92 Å². The van der Waals surface area contributed by atoms with Gasteiger partial charge in [-0.15, -0.1) is 0 Å². The van der Waals surface area contributed by atoms with Gasteiger partial charge < -0.3 is 24.4 Å². The van der Waals surface area contributed by atoms with Crippen molar-refractivity contribution in [2.24, 2.45) is 0 Å². The zero-order chi connectivity index (χ0) is 19.6. The zero-order valence-corrected chi connectivity index (χ0v) is 15.7. The largest absolute Gasteiger partial charge is 0.497 e. The van der Waals surface area contributed by atoms with Gasteiger partial charge in [-0.25, -0.2) is 0 Å². The molecule has 0 aliphatic rings. The molecule has 7 nitrogen and oxygen atoms in total. The van der Waals surface area contributed by atoms with Crippen LogP contribution in [0.2, 0.25) is 0 Å². The first-order valence-electron chi connectivity index (χ1n) is 8.49. The van der Waals surface area contributed by atoms with Gasteiger partial charge in [0, 0.05) is 18.7 Å². The van der Waals surface area contributed by atoms with Crippen LogP contribution in [0.3, 0.4) is 0 Å². The van der Waals surface area contributed by atoms with Gasteiger partial charge in [-0.3, -0.25) is 9.59 Å². The van der Waals surface area contributed by atoms with E-state index in [0.29, 0.717) is 30.3 Å². The maximum Gasteiger partial charge on any atom is 0.240 e. The van der Waals surface area contributed by atoms with E-state index in [4.69, 9.17) is 14.2 Å². The maximum absolute atomic E-state index is 12.2. The summed E-state index contributed by atoms with van der Waals surface area (Å²) in [6.45, 7) is 1.98. The van der Waals surface area contributed by atoms with Crippen molar-refractivity contribution in [3.8, 4) is 17.2 Å². The Bertz CT molecular complexity index is 761. The van der Waals surface area contributed by atoms with Crippen LogP contribution in [0.1, 0.15) is 6.92 Å². The molecule has 2 rings (SSSR count). The first-order chi connectivity index (χ1) is 13.0. The molecule has 2 aromatic carbocycles. The van der Waals surface area contributed by atoms with E-state index in [0.717, 1.165) is 5.75 Å². The second-order valence-electron chi connectivity index (χ2n) is 5.68. The number of rotatable bonds is 9. The van der Waals surface area contributed by atoms with Gasteiger partial charge in [0.05, 0.1) is 20.8 Å². The quantitative estimate of drug-likeness (QED) is 0.683. The normalized spacial score (nSPS) is 10.0. The van der Waals surface area contributed by atoms with E-state index in [1.54, 1.807) is 62.8 Å². The molecule has 0 radical (unpaired) electrons. The highest BCUT2D eigenvalue weighted by molar-refractivity contribution is 5.97. The first-order valence-corrected chi connectivity index (χ1v) is 8.49. The van der Waals surface area contributed by atoms with Crippen molar-refractivity contribution < 1.29 is 23.8 Å². The van der Waals surface area contributed by atoms with Crippen molar-refractivity contribution in [2.75, 3.05) is 38.8 Å². The summed E-state index contributed by atoms with van der Waals surface area (Å²) in [5.41, 5.74) is 0.603. The summed E-state index contributed by atoms with van der Waals surface area (Å²) in [5.74, 6) is 1.55. The highest BCUT2D eigenvalue weighted by Crippen LogP contribution is 2.21. The number of carbonyl (C=O) groups is 2. The lowest BCUT2D eigenvalue weighted by molar-refractivity contribution is -0.123. The topological polar surface area (TPSA) is 77.1 Å². The molecule has 0 aliphatic carbocycles. The maximum atomic E-state index is 12.2. The average molecular weight is 372 g/mol. The lowest BCUT2D eigenvalue weighted by Crippen LogP contribution is -2.41. The number of ether oxygens (including phenoxy) is 3. The molecule has 0 saturated carbocycles. The Balaban J connectivity index is 1.82. The monoisotopic (exact) mass is 372 g/mol. The van der Waals surface area contributed by atoms with Crippen LogP contribution in [0.5, 0.6) is 17.2 Å². The minimum Gasteiger partial charge on any atom is -0.497 e. The highest BCUT2D eigenvalue weighted by Gasteiger charge is 2.16. The van der Waals surface area contributed by atoms with Crippen molar-refractivity contribution in [3.63, 3.8) is 0 Å². The molecule has 0 atom stereocenters. The minimum atomic E-state index is -0.272. The summed E-state index contributed by atoms with van der Waals surface area (Å²) in [6.07, 6.45) is 0. The molecule has 0 fully saturated rings. The fraction of sp³-hybridized carbons (Fsp3) is 0.300. The third-order valence-electron chi connectivity index (χ3n) is 3.80. The fourth-order valence-electron chi connectivity index (χ4n) is 2.39. The van der Waals surface area contributed by atoms with Crippen LogP contribution in [0, 0.1) is 0 Å². The molecule has 1 N–H and O–H groups in total. The van der Waals surface area contributed by atoms with E-state index >= 15 is 0 Å². The third-order valence-corrected chi connectivity index (χ3v) is 3.80. The molecule has 2 amide bonds. The predicted molar refractivity (Wildman–Crippen MR) is 103 cm³/mol. The molecule has 0 bridgehead atoms. The summed E-state index contributed by atoms with van der Waals surface area (Å²) in [6, 6.07) is 14.2. The van der Waals surface area contributed by atoms with E-state index in [-0.39, 0.29) is 18.4 Å². The van der Waals surface area contributed by atoms with Gasteiger partial charge in [-0.1, -0.05) is 6.07 Å². The fourth-order valence-corrected chi connectivity index (χ4v) is 2.39. The van der Waals surface area contributed by atoms with Crippen molar-refractivity contribution in [1.29, 1.82) is 0 Å². The SMILES string of the molecule is COc1ccc(OCCNC(=O)CN(C(C)=O)c2cccc(OC)c2)cc1. The van der Waals surface area contributed by atoms with E-state index in [9.17, 15) is 9.59 Å². The summed E-state index contributed by atoms with van der Waals surface area (Å²) in [4.78, 5) is 25.5. The van der Waals surface area contributed by atoms with Gasteiger partial charge in [0.1, 0.15) is 30.4 Å². The van der Waals surface area contributed by atoms with Crippen molar-refractivity contribution >= 4 is 17.5 Å². The highest BCUT2D eigenvalue weighted by atomic mass is 16.5. The Morgan fingerprint density at radius 3 is 2.26 bits per heavy atom. The molecule has 2 aromatic rings. The molecule has 0 spiro atoms. The summed E-state index contributed by atoms with van der Waals surface area (Å²) < 4.78 is 15.8. The Morgan fingerprint density at radius 1 is 0.963 bits per heavy atom. The van der Waals surface area contributed by atoms with Gasteiger partial charge in [-0.05, 0) is 36.4 Å². The van der Waals surface area contributed by atoms with Crippen LogP contribution in [0.4, 0.5) is 5.69 Å². The standard InChI is InChI=1S/C20H24N2O5/c1-15(23)22(16-5-4-6-19(13-16)26-3)14-20(24)21-11-12-27-18-9-7-17(25-2)8-10-18/h4-10,13H,11-12,14H2,1-3H3,(H,21,24). The number of methoxy groups -OCH3 is 2. The van der Waals surface area contributed by atoms with Crippen LogP contribution in [0.25, 0.3) is 0 Å². The van der Waals surface area contributed by atoms with E-state index in [1.165, 1.54) is 11.8 Å². The number of nitrogens with zero attached hydrogens (tertiary/aromatic N) is 1. The molecule has 7 heteroatoms. The number of anilines is 1. The van der Waals surface area contributed by atoms with Crippen LogP contribution < -0.4 is 24.4 Å². The number of nitrogens with one attached hydrogen (secondary N) is 1. The number of benzene rings is 2. The van der Waals surface area contributed by atoms with Crippen LogP contribution in [0.15, 0.2) is 48.5 Å². The molecular formula is C20H24N2O5. The molecule has 0 aromatic heterocycles. The average Bonchev–Trinajstić information content (AvgIpc) is 2.69. The van der Waals surface area contributed by atoms with Gasteiger partial charge in [0.2, 0.25) is 11.8 Å². The third kappa shape index (κ3) is 6.22. The lowest BCUT2D eigenvalue weighted by Gasteiger charge is -2.21.